The number of carbonyl (C=O) groups excluding carboxylic acids is 1. The summed E-state index contributed by atoms with van der Waals surface area (Å²) in [5.74, 6) is 0.162. The summed E-state index contributed by atoms with van der Waals surface area (Å²) in [5.41, 5.74) is 0.619. The highest BCUT2D eigenvalue weighted by molar-refractivity contribution is 5.95. The van der Waals surface area contributed by atoms with E-state index in [4.69, 9.17) is 4.52 Å². The Balaban J connectivity index is 2.41. The maximum Gasteiger partial charge on any atom is 0.344 e. The molecule has 0 aliphatic rings. The van der Waals surface area contributed by atoms with Crippen LogP contribution in [-0.2, 0) is 11.3 Å². The minimum atomic E-state index is -0.759. The van der Waals surface area contributed by atoms with Crippen LogP contribution in [0.5, 0.6) is 0 Å². The van der Waals surface area contributed by atoms with Crippen molar-refractivity contribution in [3.63, 3.8) is 0 Å². The molecule has 0 aliphatic heterocycles. The van der Waals surface area contributed by atoms with Gasteiger partial charge in [0.25, 0.3) is 5.69 Å². The summed E-state index contributed by atoms with van der Waals surface area (Å²) >= 11 is 0. The van der Waals surface area contributed by atoms with Crippen LogP contribution in [0.1, 0.15) is 27.6 Å². The number of anilines is 1. The summed E-state index contributed by atoms with van der Waals surface area (Å²) in [6.07, 6.45) is 0. The lowest BCUT2D eigenvalue weighted by Gasteiger charge is -2.18. The number of ether oxygens (including phenoxy) is 1. The monoisotopic (exact) mass is 320 g/mol. The van der Waals surface area contributed by atoms with Crippen LogP contribution in [0.15, 0.2) is 16.7 Å². The lowest BCUT2D eigenvalue weighted by atomic mass is 10.1. The van der Waals surface area contributed by atoms with Crippen molar-refractivity contribution < 1.29 is 19.0 Å². The summed E-state index contributed by atoms with van der Waals surface area (Å²) in [4.78, 5) is 28.3. The molecule has 122 valence electrons. The fraction of sp³-hybridized carbons (Fsp3) is 0.357. The lowest BCUT2D eigenvalue weighted by Crippen LogP contribution is -2.19. The summed E-state index contributed by atoms with van der Waals surface area (Å²) in [6, 6.07) is 3.04. The number of nitro benzene ring substituents is 1. The number of aromatic nitrogens is 2. The van der Waals surface area contributed by atoms with Crippen LogP contribution in [0.25, 0.3) is 0 Å². The summed E-state index contributed by atoms with van der Waals surface area (Å²) < 4.78 is 9.54. The third-order valence-electron chi connectivity index (χ3n) is 3.26. The van der Waals surface area contributed by atoms with Gasteiger partial charge in [-0.25, -0.2) is 4.79 Å². The van der Waals surface area contributed by atoms with Crippen molar-refractivity contribution in [2.75, 3.05) is 19.1 Å². The number of hydrogen-bond acceptors (Lipinski definition) is 8. The molecule has 2 rings (SSSR count). The van der Waals surface area contributed by atoms with Gasteiger partial charge in [-0.15, -0.1) is 0 Å². The Labute approximate surface area is 132 Å². The van der Waals surface area contributed by atoms with Gasteiger partial charge in [0.05, 0.1) is 18.6 Å². The second kappa shape index (κ2) is 6.42. The Morgan fingerprint density at radius 3 is 2.65 bits per heavy atom. The number of nitro groups is 1. The zero-order valence-corrected chi connectivity index (χ0v) is 13.2. The first-order valence-corrected chi connectivity index (χ1v) is 6.71. The first kappa shape index (κ1) is 16.4. The van der Waals surface area contributed by atoms with E-state index in [1.807, 2.05) is 0 Å². The van der Waals surface area contributed by atoms with E-state index >= 15 is 0 Å². The second-order valence-corrected chi connectivity index (χ2v) is 4.99. The SMILES string of the molecule is COC(=O)c1cc(N(C)Cc2noc(C)n2)cc(C)c1[N+](=O)[O-]. The third-order valence-corrected chi connectivity index (χ3v) is 3.26. The molecule has 23 heavy (non-hydrogen) atoms. The molecule has 0 N–H and O–H groups in total. The molecule has 2 aromatic rings. The minimum absolute atomic E-state index is 0.0938. The van der Waals surface area contributed by atoms with E-state index in [0.717, 1.165) is 0 Å². The number of rotatable bonds is 5. The number of carbonyl (C=O) groups is 1. The van der Waals surface area contributed by atoms with Crippen LogP contribution in [-0.4, -0.2) is 35.2 Å². The zero-order chi connectivity index (χ0) is 17.1. The predicted octanol–water partition coefficient (Wildman–Crippen LogP) is 2.02. The number of benzene rings is 1. The van der Waals surface area contributed by atoms with Gasteiger partial charge in [-0.05, 0) is 19.1 Å². The molecule has 0 unspecified atom stereocenters. The van der Waals surface area contributed by atoms with Crippen molar-refractivity contribution in [3.8, 4) is 0 Å². The fourth-order valence-electron chi connectivity index (χ4n) is 2.20. The molecule has 0 saturated carbocycles. The molecular weight excluding hydrogens is 304 g/mol. The summed E-state index contributed by atoms with van der Waals surface area (Å²) in [7, 11) is 2.94. The minimum Gasteiger partial charge on any atom is -0.465 e. The quantitative estimate of drug-likeness (QED) is 0.467. The fourth-order valence-corrected chi connectivity index (χ4v) is 2.20. The molecular formula is C14H16N4O5. The van der Waals surface area contributed by atoms with Crippen molar-refractivity contribution in [1.29, 1.82) is 0 Å². The summed E-state index contributed by atoms with van der Waals surface area (Å²) in [6.45, 7) is 3.58. The molecule has 0 fully saturated rings. The Morgan fingerprint density at radius 1 is 1.43 bits per heavy atom. The van der Waals surface area contributed by atoms with Crippen molar-refractivity contribution in [1.82, 2.24) is 10.1 Å². The largest absolute Gasteiger partial charge is 0.465 e. The van der Waals surface area contributed by atoms with Crippen LogP contribution in [0.3, 0.4) is 0 Å². The van der Waals surface area contributed by atoms with E-state index in [1.54, 1.807) is 31.9 Å². The average Bonchev–Trinajstić information content (AvgIpc) is 2.90. The molecule has 0 amide bonds. The van der Waals surface area contributed by atoms with Crippen molar-refractivity contribution >= 4 is 17.3 Å². The summed E-state index contributed by atoms with van der Waals surface area (Å²) in [5, 5.41) is 15.0. The molecule has 0 aliphatic carbocycles. The highest BCUT2D eigenvalue weighted by atomic mass is 16.6. The van der Waals surface area contributed by atoms with Gasteiger partial charge in [0, 0.05) is 25.2 Å². The molecule has 9 heteroatoms. The highest BCUT2D eigenvalue weighted by Crippen LogP contribution is 2.30. The topological polar surface area (TPSA) is 112 Å². The Hall–Kier alpha value is -2.97. The molecule has 0 radical (unpaired) electrons. The Kier molecular flexibility index (Phi) is 4.58. The van der Waals surface area contributed by atoms with E-state index in [-0.39, 0.29) is 11.3 Å². The Bertz CT molecular complexity index is 756. The zero-order valence-electron chi connectivity index (χ0n) is 13.2. The molecule has 1 heterocycles. The average molecular weight is 320 g/mol. The van der Waals surface area contributed by atoms with Gasteiger partial charge in [0.15, 0.2) is 5.82 Å². The van der Waals surface area contributed by atoms with Crippen LogP contribution < -0.4 is 4.90 Å². The first-order chi connectivity index (χ1) is 10.8. The molecule has 0 saturated heterocycles. The van der Waals surface area contributed by atoms with Crippen LogP contribution in [0, 0.1) is 24.0 Å². The van der Waals surface area contributed by atoms with Gasteiger partial charge in [-0.3, -0.25) is 10.1 Å². The number of methoxy groups -OCH3 is 1. The van der Waals surface area contributed by atoms with Gasteiger partial charge >= 0.3 is 5.97 Å². The van der Waals surface area contributed by atoms with Crippen LogP contribution >= 0.6 is 0 Å². The van der Waals surface area contributed by atoms with Gasteiger partial charge < -0.3 is 14.2 Å². The molecule has 9 nitrogen and oxygen atoms in total. The standard InChI is InChI=1S/C14H16N4O5/c1-8-5-10(17(3)7-12-15-9(2)23-16-12)6-11(14(19)22-4)13(8)18(20)21/h5-6H,7H2,1-4H3. The maximum atomic E-state index is 11.8. The molecule has 0 atom stereocenters. The Morgan fingerprint density at radius 2 is 2.13 bits per heavy atom. The van der Waals surface area contributed by atoms with Crippen LogP contribution in [0.4, 0.5) is 11.4 Å². The number of hydrogen-bond donors (Lipinski definition) is 0. The maximum absolute atomic E-state index is 11.8. The van der Waals surface area contributed by atoms with E-state index in [0.29, 0.717) is 29.5 Å². The van der Waals surface area contributed by atoms with E-state index < -0.39 is 10.9 Å². The first-order valence-electron chi connectivity index (χ1n) is 6.71. The lowest BCUT2D eigenvalue weighted by molar-refractivity contribution is -0.385. The van der Waals surface area contributed by atoms with Crippen molar-refractivity contribution in [2.24, 2.45) is 0 Å². The van der Waals surface area contributed by atoms with E-state index in [2.05, 4.69) is 14.9 Å². The molecule has 1 aromatic heterocycles. The normalized spacial score (nSPS) is 10.4. The van der Waals surface area contributed by atoms with E-state index in [9.17, 15) is 14.9 Å². The van der Waals surface area contributed by atoms with Crippen LogP contribution in [0.2, 0.25) is 0 Å². The number of esters is 1. The molecule has 1 aromatic carbocycles. The smallest absolute Gasteiger partial charge is 0.344 e. The molecule has 0 bridgehead atoms. The van der Waals surface area contributed by atoms with Crippen molar-refractivity contribution in [2.45, 2.75) is 20.4 Å². The predicted molar refractivity (Wildman–Crippen MR) is 80.3 cm³/mol. The molecule has 0 spiro atoms. The van der Waals surface area contributed by atoms with Gasteiger partial charge in [-0.2, -0.15) is 4.98 Å². The van der Waals surface area contributed by atoms with Gasteiger partial charge in [0.1, 0.15) is 5.56 Å². The van der Waals surface area contributed by atoms with Gasteiger partial charge in [-0.1, -0.05) is 5.16 Å². The number of nitrogens with zero attached hydrogens (tertiary/aromatic N) is 4. The van der Waals surface area contributed by atoms with E-state index in [1.165, 1.54) is 13.2 Å². The third kappa shape index (κ3) is 3.44. The van der Waals surface area contributed by atoms with Crippen molar-refractivity contribution in [3.05, 3.63) is 45.1 Å². The number of aryl methyl sites for hydroxylation is 2. The van der Waals surface area contributed by atoms with Gasteiger partial charge in [0.2, 0.25) is 5.89 Å². The second-order valence-electron chi connectivity index (χ2n) is 4.99. The highest BCUT2D eigenvalue weighted by Gasteiger charge is 2.25.